The first kappa shape index (κ1) is 22.6. The summed E-state index contributed by atoms with van der Waals surface area (Å²) < 4.78 is 6.05. The number of nitrogens with one attached hydrogen (secondary N) is 4. The van der Waals surface area contributed by atoms with Crippen molar-refractivity contribution in [2.75, 3.05) is 18.4 Å². The number of nitrogens with zero attached hydrogens (tertiary/aromatic N) is 1. The van der Waals surface area contributed by atoms with Crippen LogP contribution < -0.4 is 20.7 Å². The first-order valence-corrected chi connectivity index (χ1v) is 11.7. The summed E-state index contributed by atoms with van der Waals surface area (Å²) in [5, 5.41) is 9.98. The number of para-hydroxylation sites is 1. The van der Waals surface area contributed by atoms with Crippen LogP contribution in [0.25, 0.3) is 11.0 Å². The van der Waals surface area contributed by atoms with Gasteiger partial charge in [0.1, 0.15) is 23.2 Å². The molecule has 1 fully saturated rings. The van der Waals surface area contributed by atoms with Gasteiger partial charge in [0.2, 0.25) is 11.8 Å². The molecule has 8 nitrogen and oxygen atoms in total. The number of carbonyl (C=O) groups excluding carboxylic acids is 2. The average Bonchev–Trinajstić information content (AvgIpc) is 3.58. The van der Waals surface area contributed by atoms with Crippen molar-refractivity contribution >= 4 is 28.5 Å². The molecule has 8 heteroatoms. The van der Waals surface area contributed by atoms with Gasteiger partial charge in [-0.1, -0.05) is 30.3 Å². The fraction of sp³-hybridized carbons (Fsp3) is 0.222. The minimum absolute atomic E-state index is 0.101. The maximum absolute atomic E-state index is 13.1. The summed E-state index contributed by atoms with van der Waals surface area (Å²) in [5.41, 5.74) is 2.37. The lowest BCUT2D eigenvalue weighted by atomic mass is 10.0. The summed E-state index contributed by atoms with van der Waals surface area (Å²) in [5.74, 6) is 0.914. The highest BCUT2D eigenvalue weighted by Crippen LogP contribution is 2.28. The fourth-order valence-corrected chi connectivity index (χ4v) is 4.21. The van der Waals surface area contributed by atoms with E-state index in [9.17, 15) is 9.59 Å². The van der Waals surface area contributed by atoms with Crippen molar-refractivity contribution in [2.24, 2.45) is 5.92 Å². The van der Waals surface area contributed by atoms with Gasteiger partial charge in [-0.15, -0.1) is 0 Å². The summed E-state index contributed by atoms with van der Waals surface area (Å²) in [6.07, 6.45) is 4.65. The zero-order chi connectivity index (χ0) is 24.0. The minimum atomic E-state index is -0.699. The second-order valence-corrected chi connectivity index (χ2v) is 8.61. The molecule has 3 heterocycles. The van der Waals surface area contributed by atoms with Gasteiger partial charge in [-0.25, -0.2) is 4.98 Å². The van der Waals surface area contributed by atoms with Gasteiger partial charge >= 0.3 is 0 Å². The van der Waals surface area contributed by atoms with Crippen molar-refractivity contribution in [1.82, 2.24) is 20.6 Å². The standard InChI is InChI=1S/C27H27N5O3/c33-26(19-10-13-28-17-19)32-23(27(34)31-20-4-2-1-3-5-20)16-18-6-8-21(9-7-18)35-24-12-15-30-25-22(24)11-14-29-25/h1-9,11-12,14-15,19,23,28H,10,13,16-17H2,(H,29,30)(H,31,34)(H,32,33). The molecular formula is C27H27N5O3. The Morgan fingerprint density at radius 2 is 1.89 bits per heavy atom. The number of H-pyrrole nitrogens is 1. The Bertz CT molecular complexity index is 1300. The van der Waals surface area contributed by atoms with Gasteiger partial charge in [-0.05, 0) is 54.9 Å². The van der Waals surface area contributed by atoms with Gasteiger partial charge in [-0.3, -0.25) is 9.59 Å². The highest BCUT2D eigenvalue weighted by Gasteiger charge is 2.28. The first-order chi connectivity index (χ1) is 17.2. The van der Waals surface area contributed by atoms with E-state index in [2.05, 4.69) is 25.9 Å². The van der Waals surface area contributed by atoms with Crippen molar-refractivity contribution in [2.45, 2.75) is 18.9 Å². The Morgan fingerprint density at radius 1 is 1.06 bits per heavy atom. The number of aromatic amines is 1. The molecule has 4 aromatic rings. The SMILES string of the molecule is O=C(NC(Cc1ccc(Oc2ccnc3[nH]ccc23)cc1)C(=O)Nc1ccccc1)C1CCNC1. The van der Waals surface area contributed by atoms with Crippen LogP contribution in [0.3, 0.4) is 0 Å². The molecule has 35 heavy (non-hydrogen) atoms. The minimum Gasteiger partial charge on any atom is -0.457 e. The molecule has 1 aliphatic heterocycles. The number of aromatic nitrogens is 2. The number of anilines is 1. The lowest BCUT2D eigenvalue weighted by Crippen LogP contribution is -2.47. The number of ether oxygens (including phenoxy) is 1. The highest BCUT2D eigenvalue weighted by molar-refractivity contribution is 5.97. The van der Waals surface area contributed by atoms with E-state index in [0.717, 1.165) is 29.6 Å². The van der Waals surface area contributed by atoms with E-state index in [1.54, 1.807) is 6.20 Å². The van der Waals surface area contributed by atoms with Gasteiger partial charge < -0.3 is 25.7 Å². The third kappa shape index (κ3) is 5.50. The third-order valence-corrected chi connectivity index (χ3v) is 6.12. The molecular weight excluding hydrogens is 442 g/mol. The molecule has 0 bridgehead atoms. The molecule has 1 saturated heterocycles. The monoisotopic (exact) mass is 469 g/mol. The molecule has 1 aliphatic rings. The number of fused-ring (bicyclic) bond motifs is 1. The van der Waals surface area contributed by atoms with E-state index >= 15 is 0 Å². The van der Waals surface area contributed by atoms with Crippen LogP contribution >= 0.6 is 0 Å². The van der Waals surface area contributed by atoms with Gasteiger partial charge in [-0.2, -0.15) is 0 Å². The zero-order valence-corrected chi connectivity index (χ0v) is 19.2. The summed E-state index contributed by atoms with van der Waals surface area (Å²) in [6, 6.07) is 19.8. The Hall–Kier alpha value is -4.17. The van der Waals surface area contributed by atoms with Crippen LogP contribution in [-0.2, 0) is 16.0 Å². The van der Waals surface area contributed by atoms with E-state index in [0.29, 0.717) is 30.2 Å². The summed E-state index contributed by atoms with van der Waals surface area (Å²) in [7, 11) is 0. The zero-order valence-electron chi connectivity index (χ0n) is 19.2. The Labute approximate surface area is 203 Å². The Balaban J connectivity index is 1.29. The van der Waals surface area contributed by atoms with Crippen LogP contribution in [0.15, 0.2) is 79.1 Å². The van der Waals surface area contributed by atoms with E-state index in [1.165, 1.54) is 0 Å². The normalized spacial score (nSPS) is 16.1. The van der Waals surface area contributed by atoms with E-state index in [4.69, 9.17) is 4.74 Å². The van der Waals surface area contributed by atoms with Crippen LogP contribution in [-0.4, -0.2) is 40.9 Å². The van der Waals surface area contributed by atoms with Crippen LogP contribution in [0.4, 0.5) is 5.69 Å². The highest BCUT2D eigenvalue weighted by atomic mass is 16.5. The second kappa shape index (κ2) is 10.4. The molecule has 5 rings (SSSR count). The number of hydrogen-bond acceptors (Lipinski definition) is 5. The molecule has 2 aromatic heterocycles. The molecule has 2 atom stereocenters. The number of pyridine rings is 1. The van der Waals surface area contributed by atoms with Crippen molar-refractivity contribution in [1.29, 1.82) is 0 Å². The second-order valence-electron chi connectivity index (χ2n) is 8.61. The van der Waals surface area contributed by atoms with Crippen molar-refractivity contribution < 1.29 is 14.3 Å². The Kier molecular flexibility index (Phi) is 6.72. The molecule has 0 saturated carbocycles. The summed E-state index contributed by atoms with van der Waals surface area (Å²) in [6.45, 7) is 1.45. The molecule has 4 N–H and O–H groups in total. The molecule has 2 unspecified atom stereocenters. The predicted molar refractivity (Wildman–Crippen MR) is 134 cm³/mol. The van der Waals surface area contributed by atoms with E-state index in [-0.39, 0.29) is 17.7 Å². The fourth-order valence-electron chi connectivity index (χ4n) is 4.21. The predicted octanol–water partition coefficient (Wildman–Crippen LogP) is 3.63. The van der Waals surface area contributed by atoms with Crippen molar-refractivity contribution in [3.63, 3.8) is 0 Å². The third-order valence-electron chi connectivity index (χ3n) is 6.12. The van der Waals surface area contributed by atoms with Gasteiger partial charge in [0, 0.05) is 31.0 Å². The van der Waals surface area contributed by atoms with Crippen LogP contribution in [0, 0.1) is 5.92 Å². The van der Waals surface area contributed by atoms with E-state index in [1.807, 2.05) is 72.9 Å². The van der Waals surface area contributed by atoms with Crippen molar-refractivity contribution in [3.8, 4) is 11.5 Å². The maximum Gasteiger partial charge on any atom is 0.247 e. The van der Waals surface area contributed by atoms with Gasteiger partial charge in [0.05, 0.1) is 11.3 Å². The maximum atomic E-state index is 13.1. The molecule has 0 radical (unpaired) electrons. The molecule has 178 valence electrons. The Morgan fingerprint density at radius 3 is 2.66 bits per heavy atom. The van der Waals surface area contributed by atoms with Gasteiger partial charge in [0.15, 0.2) is 0 Å². The first-order valence-electron chi connectivity index (χ1n) is 11.7. The topological polar surface area (TPSA) is 108 Å². The van der Waals surface area contributed by atoms with Gasteiger partial charge in [0.25, 0.3) is 0 Å². The van der Waals surface area contributed by atoms with E-state index < -0.39 is 6.04 Å². The number of rotatable bonds is 8. The molecule has 2 amide bonds. The smallest absolute Gasteiger partial charge is 0.247 e. The quantitative estimate of drug-likeness (QED) is 0.315. The number of amides is 2. The summed E-state index contributed by atoms with van der Waals surface area (Å²) >= 11 is 0. The van der Waals surface area contributed by atoms with Crippen LogP contribution in [0.5, 0.6) is 11.5 Å². The van der Waals surface area contributed by atoms with Crippen LogP contribution in [0.2, 0.25) is 0 Å². The number of benzene rings is 2. The van der Waals surface area contributed by atoms with Crippen molar-refractivity contribution in [3.05, 3.63) is 84.7 Å². The average molecular weight is 470 g/mol. The molecule has 0 spiro atoms. The lowest BCUT2D eigenvalue weighted by molar-refractivity contribution is -0.128. The largest absolute Gasteiger partial charge is 0.457 e. The molecule has 0 aliphatic carbocycles. The lowest BCUT2D eigenvalue weighted by Gasteiger charge is -2.21. The number of hydrogen-bond donors (Lipinski definition) is 4. The summed E-state index contributed by atoms with van der Waals surface area (Å²) in [4.78, 5) is 33.2. The molecule has 2 aromatic carbocycles. The number of carbonyl (C=O) groups is 2. The van der Waals surface area contributed by atoms with Crippen LogP contribution in [0.1, 0.15) is 12.0 Å².